The molecule has 2 saturated heterocycles. The number of allylic oxidation sites excluding steroid dienone is 7. The van der Waals surface area contributed by atoms with Crippen LogP contribution in [0.1, 0.15) is 200 Å². The molecule has 69 heavy (non-hydrogen) atoms. The maximum atomic E-state index is 13.1. The Morgan fingerprint density at radius 2 is 0.942 bits per heavy atom. The summed E-state index contributed by atoms with van der Waals surface area (Å²) in [6, 6.07) is -0.941. The molecule has 1 amide bonds. The average Bonchev–Trinajstić information content (AvgIpc) is 3.35. The van der Waals surface area contributed by atoms with Crippen molar-refractivity contribution in [2.45, 2.75) is 274 Å². The fourth-order valence-corrected chi connectivity index (χ4v) is 8.71. The predicted octanol–water partition coefficient (Wildman–Crippen LogP) is 8.05. The van der Waals surface area contributed by atoms with Crippen LogP contribution in [0.5, 0.6) is 0 Å². The Bertz CT molecular complexity index is 1340. The summed E-state index contributed by atoms with van der Waals surface area (Å²) in [5, 5.41) is 86.7. The summed E-state index contributed by atoms with van der Waals surface area (Å²) in [7, 11) is 0. The number of amides is 1. The van der Waals surface area contributed by atoms with Gasteiger partial charge in [-0.1, -0.05) is 178 Å². The lowest BCUT2D eigenvalue weighted by molar-refractivity contribution is -0.359. The van der Waals surface area contributed by atoms with E-state index in [2.05, 4.69) is 55.6 Å². The smallest absolute Gasteiger partial charge is 0.220 e. The van der Waals surface area contributed by atoms with Gasteiger partial charge in [0, 0.05) is 6.42 Å². The zero-order chi connectivity index (χ0) is 50.3. The first-order valence-corrected chi connectivity index (χ1v) is 27.4. The lowest BCUT2D eigenvalue weighted by Gasteiger charge is -2.46. The van der Waals surface area contributed by atoms with Gasteiger partial charge in [-0.3, -0.25) is 4.79 Å². The quantitative estimate of drug-likeness (QED) is 0.0209. The van der Waals surface area contributed by atoms with Crippen LogP contribution in [0.15, 0.2) is 48.6 Å². The van der Waals surface area contributed by atoms with Crippen LogP contribution in [-0.4, -0.2) is 140 Å². The monoisotopic (exact) mass is 982 g/mol. The molecule has 0 bridgehead atoms. The molecular weight excluding hydrogens is 883 g/mol. The maximum absolute atomic E-state index is 13.1. The molecule has 2 rings (SSSR count). The van der Waals surface area contributed by atoms with E-state index in [1.165, 1.54) is 103 Å². The van der Waals surface area contributed by atoms with Gasteiger partial charge in [0.05, 0.1) is 32.0 Å². The van der Waals surface area contributed by atoms with Crippen LogP contribution >= 0.6 is 0 Å². The molecule has 12 atom stereocenters. The van der Waals surface area contributed by atoms with Crippen molar-refractivity contribution in [1.29, 1.82) is 0 Å². The van der Waals surface area contributed by atoms with Gasteiger partial charge < -0.3 is 65.1 Å². The van der Waals surface area contributed by atoms with Gasteiger partial charge in [0.25, 0.3) is 0 Å². The minimum Gasteiger partial charge on any atom is -0.394 e. The molecule has 2 fully saturated rings. The van der Waals surface area contributed by atoms with E-state index in [9.17, 15) is 45.6 Å². The van der Waals surface area contributed by atoms with Gasteiger partial charge in [0.15, 0.2) is 12.6 Å². The van der Waals surface area contributed by atoms with E-state index < -0.39 is 86.8 Å². The van der Waals surface area contributed by atoms with E-state index in [-0.39, 0.29) is 18.9 Å². The van der Waals surface area contributed by atoms with Crippen molar-refractivity contribution in [1.82, 2.24) is 5.32 Å². The van der Waals surface area contributed by atoms with Gasteiger partial charge in [-0.05, 0) is 64.2 Å². The van der Waals surface area contributed by atoms with Crippen LogP contribution in [0.25, 0.3) is 0 Å². The van der Waals surface area contributed by atoms with E-state index in [1.54, 1.807) is 6.08 Å². The number of carbonyl (C=O) groups is 1. The summed E-state index contributed by atoms with van der Waals surface area (Å²) >= 11 is 0. The number of hydrogen-bond acceptors (Lipinski definition) is 13. The molecule has 0 aromatic rings. The lowest BCUT2D eigenvalue weighted by Crippen LogP contribution is -2.65. The van der Waals surface area contributed by atoms with Gasteiger partial charge in [-0.25, -0.2) is 0 Å². The number of hydrogen-bond donors (Lipinski definition) is 9. The van der Waals surface area contributed by atoms with Crippen LogP contribution in [0.3, 0.4) is 0 Å². The topological polar surface area (TPSA) is 228 Å². The summed E-state index contributed by atoms with van der Waals surface area (Å²) in [6.45, 7) is 2.71. The molecule has 402 valence electrons. The fourth-order valence-electron chi connectivity index (χ4n) is 8.71. The van der Waals surface area contributed by atoms with E-state index in [0.717, 1.165) is 64.2 Å². The van der Waals surface area contributed by atoms with Crippen molar-refractivity contribution < 1.29 is 64.6 Å². The summed E-state index contributed by atoms with van der Waals surface area (Å²) in [5.41, 5.74) is 0. The first kappa shape index (κ1) is 63.1. The zero-order valence-electron chi connectivity index (χ0n) is 42.8. The number of nitrogens with one attached hydrogen (secondary N) is 1. The molecule has 0 radical (unpaired) electrons. The van der Waals surface area contributed by atoms with Gasteiger partial charge >= 0.3 is 0 Å². The number of ether oxygens (including phenoxy) is 4. The summed E-state index contributed by atoms with van der Waals surface area (Å²) in [4.78, 5) is 13.1. The van der Waals surface area contributed by atoms with E-state index in [0.29, 0.717) is 12.8 Å². The molecule has 0 aromatic carbocycles. The normalized spacial score (nSPS) is 26.5. The number of carbonyl (C=O) groups excluding carboxylic acids is 1. The Morgan fingerprint density at radius 1 is 0.507 bits per heavy atom. The van der Waals surface area contributed by atoms with Gasteiger partial charge in [0.1, 0.15) is 48.8 Å². The van der Waals surface area contributed by atoms with Crippen LogP contribution < -0.4 is 5.32 Å². The third-order valence-corrected chi connectivity index (χ3v) is 13.2. The van der Waals surface area contributed by atoms with Crippen molar-refractivity contribution in [3.05, 3.63) is 48.6 Å². The molecule has 0 saturated carbocycles. The Kier molecular flexibility index (Phi) is 37.9. The van der Waals surface area contributed by atoms with Crippen molar-refractivity contribution in [2.24, 2.45) is 0 Å². The van der Waals surface area contributed by atoms with Gasteiger partial charge in [-0.15, -0.1) is 0 Å². The zero-order valence-corrected chi connectivity index (χ0v) is 42.8. The summed E-state index contributed by atoms with van der Waals surface area (Å²) in [5.74, 6) is -0.266. The lowest BCUT2D eigenvalue weighted by atomic mass is 9.97. The SMILES string of the molecule is CCCC/C=C\CCCCCCCC(=O)NC(COC1OC(CO)C(OC2OC(CO)C(O)C(O)C2O)C(O)C1O)C(O)/C=C/CC/C=C/CC/C=C/CCCCCCCCCCCCCCCC. The Balaban J connectivity index is 1.80. The number of unbranched alkanes of at least 4 members (excludes halogenated alkanes) is 23. The van der Waals surface area contributed by atoms with E-state index in [1.807, 2.05) is 6.08 Å². The molecular formula is C55H99NO13. The number of rotatable bonds is 42. The minimum atomic E-state index is -1.79. The minimum absolute atomic E-state index is 0.258. The molecule has 0 aliphatic carbocycles. The highest BCUT2D eigenvalue weighted by Gasteiger charge is 2.51. The predicted molar refractivity (Wildman–Crippen MR) is 272 cm³/mol. The molecule has 14 nitrogen and oxygen atoms in total. The fraction of sp³-hybridized carbons (Fsp3) is 0.836. The van der Waals surface area contributed by atoms with Gasteiger partial charge in [0.2, 0.25) is 5.91 Å². The molecule has 9 N–H and O–H groups in total. The number of aliphatic hydroxyl groups excluding tert-OH is 8. The van der Waals surface area contributed by atoms with Crippen LogP contribution in [0, 0.1) is 0 Å². The Morgan fingerprint density at radius 3 is 1.46 bits per heavy atom. The number of aliphatic hydroxyl groups is 8. The van der Waals surface area contributed by atoms with Gasteiger partial charge in [-0.2, -0.15) is 0 Å². The maximum Gasteiger partial charge on any atom is 0.220 e. The van der Waals surface area contributed by atoms with Crippen molar-refractivity contribution in [3.63, 3.8) is 0 Å². The van der Waals surface area contributed by atoms with Crippen molar-refractivity contribution >= 4 is 5.91 Å². The highest BCUT2D eigenvalue weighted by molar-refractivity contribution is 5.76. The third kappa shape index (κ3) is 28.1. The first-order chi connectivity index (χ1) is 33.6. The van der Waals surface area contributed by atoms with Crippen molar-refractivity contribution in [3.8, 4) is 0 Å². The highest BCUT2D eigenvalue weighted by atomic mass is 16.7. The highest BCUT2D eigenvalue weighted by Crippen LogP contribution is 2.30. The third-order valence-electron chi connectivity index (χ3n) is 13.2. The van der Waals surface area contributed by atoms with Crippen LogP contribution in [-0.2, 0) is 23.7 Å². The molecule has 2 aliphatic rings. The Hall–Kier alpha value is -2.05. The Labute approximate surface area is 416 Å². The second kappa shape index (κ2) is 41.4. The molecule has 14 heteroatoms. The molecule has 12 unspecified atom stereocenters. The summed E-state index contributed by atoms with van der Waals surface area (Å²) in [6.07, 6.45) is 33.1. The second-order valence-corrected chi connectivity index (χ2v) is 19.3. The summed E-state index contributed by atoms with van der Waals surface area (Å²) < 4.78 is 22.7. The average molecular weight is 982 g/mol. The van der Waals surface area contributed by atoms with Crippen LogP contribution in [0.2, 0.25) is 0 Å². The molecule has 2 aliphatic heterocycles. The molecule has 0 aromatic heterocycles. The largest absolute Gasteiger partial charge is 0.394 e. The molecule has 2 heterocycles. The van der Waals surface area contributed by atoms with E-state index >= 15 is 0 Å². The standard InChI is InChI=1S/C55H99NO13/c1-3-5-7-9-11-13-15-16-17-18-19-20-21-22-23-24-25-26-27-29-30-32-34-36-38-44(59)43(56-47(60)39-37-35-33-31-28-14-12-10-8-6-4-2)42-66-54-52(65)50(63)53(46(41-58)68-54)69-55-51(64)49(62)48(61)45(40-57)67-55/h10,12,24-25,29-30,36,38,43-46,48-55,57-59,61-65H,3-9,11,13-23,26-28,31-35,37,39-42H2,1-2H3,(H,56,60)/b12-10-,25-24+,30-29+,38-36+. The van der Waals surface area contributed by atoms with Crippen molar-refractivity contribution in [2.75, 3.05) is 19.8 Å². The second-order valence-electron chi connectivity index (χ2n) is 19.3. The first-order valence-electron chi connectivity index (χ1n) is 27.4. The van der Waals surface area contributed by atoms with Crippen LogP contribution in [0.4, 0.5) is 0 Å². The molecule has 0 spiro atoms. The van der Waals surface area contributed by atoms with E-state index in [4.69, 9.17) is 18.9 Å².